The lowest BCUT2D eigenvalue weighted by atomic mass is 10.1. The van der Waals surface area contributed by atoms with Crippen molar-refractivity contribution in [2.75, 3.05) is 0 Å². The van der Waals surface area contributed by atoms with Crippen LogP contribution in [0.15, 0.2) is 61.2 Å². The smallest absolute Gasteiger partial charge is 0.387 e. The summed E-state index contributed by atoms with van der Waals surface area (Å²) in [5.41, 5.74) is 2.34. The molecule has 3 rings (SSSR count). The molecule has 1 N–H and O–H groups in total. The molecule has 0 saturated carbocycles. The van der Waals surface area contributed by atoms with E-state index in [0.29, 0.717) is 5.56 Å². The van der Waals surface area contributed by atoms with Gasteiger partial charge >= 0.3 is 13.2 Å². The molecule has 0 bridgehead atoms. The summed E-state index contributed by atoms with van der Waals surface area (Å²) in [4.78, 5) is 4.00. The lowest BCUT2D eigenvalue weighted by Crippen LogP contribution is -2.19. The number of nitrogens with one attached hydrogen (secondary N) is 1. The standard InChI is InChI=1S/C20H19F4N3O2/c1-13(14-2-5-16(6-3-14)27-9-8-25-12-27)26-11-15-4-7-17(28-19(21)22)10-18(15)29-20(23)24/h2-10,12-13,19-20,26H,11H2,1H3. The van der Waals surface area contributed by atoms with Crippen LogP contribution < -0.4 is 14.8 Å². The van der Waals surface area contributed by atoms with Gasteiger partial charge in [-0.2, -0.15) is 17.6 Å². The third kappa shape index (κ3) is 5.71. The van der Waals surface area contributed by atoms with E-state index < -0.39 is 13.2 Å². The molecule has 1 atom stereocenters. The van der Waals surface area contributed by atoms with E-state index in [9.17, 15) is 17.6 Å². The third-order valence-electron chi connectivity index (χ3n) is 4.27. The van der Waals surface area contributed by atoms with Gasteiger partial charge in [0.25, 0.3) is 0 Å². The predicted molar refractivity (Wildman–Crippen MR) is 98.5 cm³/mol. The molecule has 1 unspecified atom stereocenters. The van der Waals surface area contributed by atoms with Crippen molar-refractivity contribution in [3.63, 3.8) is 0 Å². The molecule has 1 aromatic heterocycles. The minimum Gasteiger partial charge on any atom is -0.435 e. The molecule has 29 heavy (non-hydrogen) atoms. The van der Waals surface area contributed by atoms with E-state index >= 15 is 0 Å². The number of imidazole rings is 1. The number of benzene rings is 2. The molecule has 0 aliphatic heterocycles. The predicted octanol–water partition coefficient (Wildman–Crippen LogP) is 4.93. The van der Waals surface area contributed by atoms with Crippen LogP contribution in [0, 0.1) is 0 Å². The summed E-state index contributed by atoms with van der Waals surface area (Å²) in [6.07, 6.45) is 5.22. The fraction of sp³-hybridized carbons (Fsp3) is 0.250. The Morgan fingerprint density at radius 1 is 1.00 bits per heavy atom. The first-order valence-corrected chi connectivity index (χ1v) is 8.76. The van der Waals surface area contributed by atoms with Crippen molar-refractivity contribution in [3.8, 4) is 17.2 Å². The molecule has 154 valence electrons. The van der Waals surface area contributed by atoms with Gasteiger partial charge in [-0.25, -0.2) is 4.98 Å². The van der Waals surface area contributed by atoms with Crippen LogP contribution in [0.3, 0.4) is 0 Å². The Morgan fingerprint density at radius 3 is 2.34 bits per heavy atom. The van der Waals surface area contributed by atoms with E-state index in [-0.39, 0.29) is 24.1 Å². The first kappa shape index (κ1) is 20.7. The summed E-state index contributed by atoms with van der Waals surface area (Å²) in [6, 6.07) is 11.4. The number of nitrogens with zero attached hydrogens (tertiary/aromatic N) is 2. The zero-order valence-corrected chi connectivity index (χ0v) is 15.4. The van der Waals surface area contributed by atoms with Gasteiger partial charge in [0, 0.05) is 42.3 Å². The SMILES string of the molecule is CC(NCc1ccc(OC(F)F)cc1OC(F)F)c1ccc(-n2ccnc2)cc1. The van der Waals surface area contributed by atoms with Crippen LogP contribution in [-0.2, 0) is 6.54 Å². The number of hydrogen-bond acceptors (Lipinski definition) is 4. The zero-order chi connectivity index (χ0) is 20.8. The molecule has 0 radical (unpaired) electrons. The van der Waals surface area contributed by atoms with Gasteiger partial charge in [0.2, 0.25) is 0 Å². The van der Waals surface area contributed by atoms with Crippen molar-refractivity contribution in [1.29, 1.82) is 0 Å². The lowest BCUT2D eigenvalue weighted by Gasteiger charge is -2.17. The van der Waals surface area contributed by atoms with Crippen molar-refractivity contribution < 1.29 is 27.0 Å². The van der Waals surface area contributed by atoms with Gasteiger partial charge < -0.3 is 19.4 Å². The van der Waals surface area contributed by atoms with Crippen LogP contribution in [0.2, 0.25) is 0 Å². The van der Waals surface area contributed by atoms with E-state index in [4.69, 9.17) is 0 Å². The fourth-order valence-electron chi connectivity index (χ4n) is 2.79. The van der Waals surface area contributed by atoms with Gasteiger partial charge in [-0.15, -0.1) is 0 Å². The number of alkyl halides is 4. The van der Waals surface area contributed by atoms with Gasteiger partial charge in [-0.3, -0.25) is 0 Å². The highest BCUT2D eigenvalue weighted by molar-refractivity contribution is 5.41. The van der Waals surface area contributed by atoms with E-state index in [1.807, 2.05) is 42.0 Å². The van der Waals surface area contributed by atoms with Gasteiger partial charge in [-0.05, 0) is 30.7 Å². The van der Waals surface area contributed by atoms with Gasteiger partial charge in [0.05, 0.1) is 6.33 Å². The summed E-state index contributed by atoms with van der Waals surface area (Å²) >= 11 is 0. The summed E-state index contributed by atoms with van der Waals surface area (Å²) in [6.45, 7) is -4.01. The second kappa shape index (κ2) is 9.42. The van der Waals surface area contributed by atoms with Gasteiger partial charge in [0.15, 0.2) is 0 Å². The van der Waals surface area contributed by atoms with Crippen LogP contribution in [0.5, 0.6) is 11.5 Å². The molecule has 0 amide bonds. The molecule has 1 heterocycles. The fourth-order valence-corrected chi connectivity index (χ4v) is 2.79. The molecule has 9 heteroatoms. The number of aromatic nitrogens is 2. The molecule has 0 aliphatic rings. The summed E-state index contributed by atoms with van der Waals surface area (Å²) in [7, 11) is 0. The molecule has 0 spiro atoms. The van der Waals surface area contributed by atoms with Crippen molar-refractivity contribution in [3.05, 3.63) is 72.3 Å². The van der Waals surface area contributed by atoms with E-state index in [1.165, 1.54) is 12.1 Å². The molecule has 0 saturated heterocycles. The van der Waals surface area contributed by atoms with Crippen LogP contribution in [0.4, 0.5) is 17.6 Å². The average Bonchev–Trinajstić information content (AvgIpc) is 3.21. The van der Waals surface area contributed by atoms with Crippen molar-refractivity contribution in [1.82, 2.24) is 14.9 Å². The Labute approximate surface area is 164 Å². The molecule has 5 nitrogen and oxygen atoms in total. The first-order valence-electron chi connectivity index (χ1n) is 8.76. The van der Waals surface area contributed by atoms with Crippen LogP contribution in [0.1, 0.15) is 24.1 Å². The van der Waals surface area contributed by atoms with Crippen LogP contribution >= 0.6 is 0 Å². The van der Waals surface area contributed by atoms with E-state index in [0.717, 1.165) is 17.3 Å². The normalized spacial score (nSPS) is 12.4. The van der Waals surface area contributed by atoms with Gasteiger partial charge in [0.1, 0.15) is 11.5 Å². The summed E-state index contributed by atoms with van der Waals surface area (Å²) in [5.74, 6) is -0.462. The molecule has 2 aromatic carbocycles. The van der Waals surface area contributed by atoms with Crippen LogP contribution in [0.25, 0.3) is 5.69 Å². The second-order valence-electron chi connectivity index (χ2n) is 6.19. The molecular weight excluding hydrogens is 390 g/mol. The number of hydrogen-bond donors (Lipinski definition) is 1. The number of halogens is 4. The lowest BCUT2D eigenvalue weighted by molar-refractivity contribution is -0.0547. The minimum atomic E-state index is -3.08. The van der Waals surface area contributed by atoms with E-state index in [2.05, 4.69) is 19.8 Å². The number of ether oxygens (including phenoxy) is 2. The summed E-state index contributed by atoms with van der Waals surface area (Å²) < 4.78 is 60.6. The third-order valence-corrected chi connectivity index (χ3v) is 4.27. The van der Waals surface area contributed by atoms with Crippen LogP contribution in [-0.4, -0.2) is 22.8 Å². The second-order valence-corrected chi connectivity index (χ2v) is 6.19. The molecular formula is C20H19F4N3O2. The van der Waals surface area contributed by atoms with E-state index in [1.54, 1.807) is 12.5 Å². The maximum absolute atomic E-state index is 12.7. The van der Waals surface area contributed by atoms with Crippen molar-refractivity contribution in [2.45, 2.75) is 32.7 Å². The largest absolute Gasteiger partial charge is 0.435 e. The summed E-state index contributed by atoms with van der Waals surface area (Å²) in [5, 5.41) is 3.21. The molecule has 3 aromatic rings. The Bertz CT molecular complexity index is 903. The first-order chi connectivity index (χ1) is 13.9. The average molecular weight is 409 g/mol. The maximum Gasteiger partial charge on any atom is 0.387 e. The topological polar surface area (TPSA) is 48.3 Å². The Hall–Kier alpha value is -3.07. The highest BCUT2D eigenvalue weighted by Crippen LogP contribution is 2.28. The quantitative estimate of drug-likeness (QED) is 0.510. The van der Waals surface area contributed by atoms with Crippen molar-refractivity contribution >= 4 is 0 Å². The Balaban J connectivity index is 1.67. The highest BCUT2D eigenvalue weighted by atomic mass is 19.3. The van der Waals surface area contributed by atoms with Gasteiger partial charge in [-0.1, -0.05) is 18.2 Å². The molecule has 0 fully saturated rings. The highest BCUT2D eigenvalue weighted by Gasteiger charge is 2.14. The Kier molecular flexibility index (Phi) is 6.71. The molecule has 0 aliphatic carbocycles. The van der Waals surface area contributed by atoms with Crippen molar-refractivity contribution in [2.24, 2.45) is 0 Å². The maximum atomic E-state index is 12.7. The monoisotopic (exact) mass is 409 g/mol. The minimum absolute atomic E-state index is 0.0942. The number of rotatable bonds is 9. The zero-order valence-electron chi connectivity index (χ0n) is 15.4. The Morgan fingerprint density at radius 2 is 1.72 bits per heavy atom.